The highest BCUT2D eigenvalue weighted by Gasteiger charge is 2.44. The number of aliphatic hydroxyl groups is 4. The molecule has 18 nitrogen and oxygen atoms in total. The summed E-state index contributed by atoms with van der Waals surface area (Å²) in [5, 5.41) is 57.8. The Labute approximate surface area is 292 Å². The van der Waals surface area contributed by atoms with Crippen LogP contribution in [0.25, 0.3) is 11.2 Å². The van der Waals surface area contributed by atoms with Crippen molar-refractivity contribution in [2.75, 3.05) is 41.8 Å². The summed E-state index contributed by atoms with van der Waals surface area (Å²) in [5.41, 5.74) is 2.06. The fraction of sp³-hybridized carbons (Fsp3) is 0.406. The number of carbonyl (C=O) groups is 2. The molecule has 1 aliphatic carbocycles. The number of hydrogen-bond acceptors (Lipinski definition) is 13. The lowest BCUT2D eigenvalue weighted by Crippen LogP contribution is -2.44. The van der Waals surface area contributed by atoms with E-state index in [-0.39, 0.29) is 24.0 Å². The van der Waals surface area contributed by atoms with Crippen molar-refractivity contribution in [2.24, 2.45) is 5.14 Å². The minimum atomic E-state index is -3.87. The zero-order valence-electron chi connectivity index (χ0n) is 27.3. The summed E-state index contributed by atoms with van der Waals surface area (Å²) in [7, 11) is -3.87. The number of primary sulfonamides is 1. The number of nitrogens with two attached hydrogens (primary N) is 1. The molecule has 2 aromatic carbocycles. The summed E-state index contributed by atoms with van der Waals surface area (Å²) in [6, 6.07) is 12.3. The zero-order chi connectivity index (χ0) is 36.3. The molecule has 1 saturated heterocycles. The number of aromatic nitrogens is 4. The molecule has 6 atom stereocenters. The lowest BCUT2D eigenvalue weighted by Gasteiger charge is -2.22. The van der Waals surface area contributed by atoms with Gasteiger partial charge in [0, 0.05) is 24.8 Å². The summed E-state index contributed by atoms with van der Waals surface area (Å²) >= 11 is 0. The van der Waals surface area contributed by atoms with Gasteiger partial charge in [-0.2, -0.15) is 9.97 Å². The van der Waals surface area contributed by atoms with Crippen molar-refractivity contribution in [3.8, 4) is 0 Å². The first-order valence-corrected chi connectivity index (χ1v) is 17.9. The Hall–Kier alpha value is -4.92. The van der Waals surface area contributed by atoms with Crippen LogP contribution >= 0.6 is 0 Å². The number of benzene rings is 2. The van der Waals surface area contributed by atoms with Crippen LogP contribution in [-0.2, 0) is 21.2 Å². The van der Waals surface area contributed by atoms with E-state index in [9.17, 15) is 38.4 Å². The van der Waals surface area contributed by atoms with Crippen molar-refractivity contribution in [1.82, 2.24) is 30.2 Å². The number of nitrogens with one attached hydrogen (secondary N) is 4. The van der Waals surface area contributed by atoms with Gasteiger partial charge < -0.3 is 51.2 Å². The van der Waals surface area contributed by atoms with Crippen molar-refractivity contribution in [2.45, 2.75) is 60.5 Å². The van der Waals surface area contributed by atoms with Crippen LogP contribution in [0.15, 0.2) is 65.8 Å². The molecular formula is C32H40N10O8S. The van der Waals surface area contributed by atoms with E-state index < -0.39 is 58.9 Å². The fourth-order valence-electron chi connectivity index (χ4n) is 6.46. The molecule has 10 N–H and O–H groups in total. The number of aliphatic hydroxyl groups excluding tert-OH is 4. The summed E-state index contributed by atoms with van der Waals surface area (Å²) in [4.78, 5) is 40.6. The minimum absolute atomic E-state index is 0.0793. The summed E-state index contributed by atoms with van der Waals surface area (Å²) in [5.74, 6) is -0.0543. The molecule has 6 rings (SSSR count). The lowest BCUT2D eigenvalue weighted by atomic mass is 10.1. The molecule has 1 aliphatic heterocycles. The van der Waals surface area contributed by atoms with Crippen molar-refractivity contribution >= 4 is 50.6 Å². The third-order valence-electron chi connectivity index (χ3n) is 9.04. The standard InChI is InChI=1S/C32H40N10O8S/c33-51(49,50)22-8-6-19(7-9-22)36-32(48)37-20-10-11-41(14-20)31-39-29(35-21(15-43)12-18-4-2-1-3-5-18)26-30(40-31)42(17-34-26)24-13-23(27(46)28(24)47)38-25(45)16-44/h1-9,17,20-21,23-24,27-28,43-44,46-47H,10-16H2,(H,38,45)(H2,33,49,50)(H,35,39,40)(H2,36,37,48)/t20-,21+,23+,24-,27-,28+/m1/s1. The van der Waals surface area contributed by atoms with E-state index in [4.69, 9.17) is 15.1 Å². The van der Waals surface area contributed by atoms with E-state index in [0.29, 0.717) is 54.5 Å². The van der Waals surface area contributed by atoms with Crippen LogP contribution in [0.3, 0.4) is 0 Å². The predicted molar refractivity (Wildman–Crippen MR) is 185 cm³/mol. The normalized spacial score (nSPS) is 22.5. The number of hydrogen-bond donors (Lipinski definition) is 9. The highest BCUT2D eigenvalue weighted by Crippen LogP contribution is 2.35. The third-order valence-corrected chi connectivity index (χ3v) is 9.97. The van der Waals surface area contributed by atoms with Crippen LogP contribution in [0, 0.1) is 0 Å². The molecule has 51 heavy (non-hydrogen) atoms. The maximum atomic E-state index is 12.8. The van der Waals surface area contributed by atoms with Crippen LogP contribution in [0.2, 0.25) is 0 Å². The van der Waals surface area contributed by atoms with E-state index in [0.717, 1.165) is 5.56 Å². The van der Waals surface area contributed by atoms with Gasteiger partial charge >= 0.3 is 6.03 Å². The number of rotatable bonds is 12. The lowest BCUT2D eigenvalue weighted by molar-refractivity contribution is -0.125. The van der Waals surface area contributed by atoms with Gasteiger partial charge in [0.1, 0.15) is 18.8 Å². The van der Waals surface area contributed by atoms with Gasteiger partial charge in [-0.25, -0.2) is 23.3 Å². The van der Waals surface area contributed by atoms with Crippen LogP contribution in [0.5, 0.6) is 0 Å². The first kappa shape index (κ1) is 35.9. The third kappa shape index (κ3) is 8.19. The van der Waals surface area contributed by atoms with E-state index in [2.05, 4.69) is 26.3 Å². The van der Waals surface area contributed by atoms with Crippen LogP contribution < -0.4 is 31.3 Å². The number of nitrogens with zero attached hydrogens (tertiary/aromatic N) is 5. The van der Waals surface area contributed by atoms with Gasteiger partial charge in [-0.1, -0.05) is 30.3 Å². The summed E-state index contributed by atoms with van der Waals surface area (Å²) in [6.45, 7) is -0.170. The van der Waals surface area contributed by atoms with Gasteiger partial charge in [-0.15, -0.1) is 0 Å². The maximum absolute atomic E-state index is 12.8. The first-order valence-electron chi connectivity index (χ1n) is 16.3. The first-order chi connectivity index (χ1) is 24.4. The Kier molecular flexibility index (Phi) is 10.6. The second-order valence-corrected chi connectivity index (χ2v) is 14.2. The number of anilines is 3. The van der Waals surface area contributed by atoms with Crippen molar-refractivity contribution in [3.63, 3.8) is 0 Å². The predicted octanol–water partition coefficient (Wildman–Crippen LogP) is -0.967. The molecule has 2 aliphatic rings. The second kappa shape index (κ2) is 15.1. The fourth-order valence-corrected chi connectivity index (χ4v) is 6.98. The van der Waals surface area contributed by atoms with Gasteiger partial charge in [0.2, 0.25) is 21.9 Å². The Bertz CT molecular complexity index is 1960. The Morgan fingerprint density at radius 1 is 1.00 bits per heavy atom. The molecule has 2 aromatic heterocycles. The highest BCUT2D eigenvalue weighted by molar-refractivity contribution is 7.89. The van der Waals surface area contributed by atoms with Gasteiger partial charge in [-0.3, -0.25) is 4.79 Å². The summed E-state index contributed by atoms with van der Waals surface area (Å²) in [6.07, 6.45) is 0.0335. The van der Waals surface area contributed by atoms with Gasteiger partial charge in [0.05, 0.1) is 36.0 Å². The molecule has 0 unspecified atom stereocenters. The van der Waals surface area contributed by atoms with E-state index in [1.165, 1.54) is 30.6 Å². The SMILES string of the molecule is NS(=O)(=O)c1ccc(NC(=O)N[C@@H]2CCN(c3nc(N[C@H](CO)Cc4ccccc4)c4ncn([C@@H]5C[C@H](NC(=O)CO)[C@@H](O)[C@H]5O)c4n3)C2)cc1. The molecular weight excluding hydrogens is 684 g/mol. The van der Waals surface area contributed by atoms with Gasteiger partial charge in [0.25, 0.3) is 0 Å². The van der Waals surface area contributed by atoms with Crippen molar-refractivity contribution in [3.05, 3.63) is 66.5 Å². The largest absolute Gasteiger partial charge is 0.394 e. The topological polar surface area (TPSA) is 270 Å². The highest BCUT2D eigenvalue weighted by atomic mass is 32.2. The average Bonchev–Trinajstić information content (AvgIpc) is 3.82. The van der Waals surface area contributed by atoms with Crippen LogP contribution in [0.4, 0.5) is 22.2 Å². The van der Waals surface area contributed by atoms with Crippen molar-refractivity contribution < 1.29 is 38.4 Å². The molecule has 2 fully saturated rings. The van der Waals surface area contributed by atoms with Gasteiger partial charge in [0.15, 0.2) is 17.0 Å². The molecule has 0 radical (unpaired) electrons. The quantitative estimate of drug-likeness (QED) is 0.0853. The Morgan fingerprint density at radius 2 is 1.75 bits per heavy atom. The number of carbonyl (C=O) groups excluding carboxylic acids is 2. The average molecular weight is 725 g/mol. The maximum Gasteiger partial charge on any atom is 0.319 e. The van der Waals surface area contributed by atoms with Crippen molar-refractivity contribution in [1.29, 1.82) is 0 Å². The Morgan fingerprint density at radius 3 is 2.43 bits per heavy atom. The molecule has 3 amide bonds. The molecule has 19 heteroatoms. The second-order valence-electron chi connectivity index (χ2n) is 12.6. The molecule has 0 spiro atoms. The monoisotopic (exact) mass is 724 g/mol. The zero-order valence-corrected chi connectivity index (χ0v) is 28.1. The van der Waals surface area contributed by atoms with Gasteiger partial charge in [-0.05, 0) is 49.1 Å². The number of fused-ring (bicyclic) bond motifs is 1. The summed E-state index contributed by atoms with van der Waals surface area (Å²) < 4.78 is 24.7. The molecule has 1 saturated carbocycles. The molecule has 3 heterocycles. The van der Waals surface area contributed by atoms with E-state index >= 15 is 0 Å². The van der Waals surface area contributed by atoms with E-state index in [1.54, 1.807) is 4.57 Å². The van der Waals surface area contributed by atoms with Crippen LogP contribution in [-0.4, -0.2) is 117 Å². The Balaban J connectivity index is 1.24. The number of imidazole rings is 1. The minimum Gasteiger partial charge on any atom is -0.394 e. The number of urea groups is 1. The number of sulfonamides is 1. The number of amides is 3. The van der Waals surface area contributed by atoms with E-state index in [1.807, 2.05) is 35.2 Å². The molecule has 0 bridgehead atoms. The van der Waals surface area contributed by atoms with Crippen LogP contribution in [0.1, 0.15) is 24.4 Å². The molecule has 4 aromatic rings. The smallest absolute Gasteiger partial charge is 0.319 e. The molecule has 272 valence electrons.